The van der Waals surface area contributed by atoms with Gasteiger partial charge in [0.2, 0.25) is 5.82 Å². The number of tetrazole rings is 1. The minimum atomic E-state index is -0.144. The van der Waals surface area contributed by atoms with E-state index in [1.165, 1.54) is 10.4 Å². The number of benzene rings is 1. The molecule has 142 valence electrons. The Kier molecular flexibility index (Phi) is 5.12. The first-order valence-corrected chi connectivity index (χ1v) is 8.92. The molecule has 9 nitrogen and oxygen atoms in total. The summed E-state index contributed by atoms with van der Waals surface area (Å²) in [6.45, 7) is 3.78. The van der Waals surface area contributed by atoms with E-state index >= 15 is 0 Å². The van der Waals surface area contributed by atoms with Crippen LogP contribution in [0.3, 0.4) is 0 Å². The lowest BCUT2D eigenvalue weighted by molar-refractivity contribution is -0.0373. The highest BCUT2D eigenvalue weighted by Gasteiger charge is 2.25. The van der Waals surface area contributed by atoms with Crippen LogP contribution >= 0.6 is 0 Å². The normalized spacial score (nSPS) is 17.9. The van der Waals surface area contributed by atoms with Crippen molar-refractivity contribution in [2.45, 2.75) is 19.2 Å². The number of ether oxygens (including phenoxy) is 2. The minimum absolute atomic E-state index is 0.144. The van der Waals surface area contributed by atoms with Crippen molar-refractivity contribution >= 4 is 0 Å². The standard InChI is InChI=1S/C18H23N7O2/c1-23-21-18(20-22-23)17-13-24(8-9-27-17)11-14-4-5-16(26-2)15(10-14)12-25-7-3-6-19-25/h3-7,10,17H,8-9,11-13H2,1-2H3. The van der Waals surface area contributed by atoms with E-state index in [1.807, 2.05) is 23.0 Å². The van der Waals surface area contributed by atoms with Crippen LogP contribution in [0, 0.1) is 0 Å². The SMILES string of the molecule is COc1ccc(CN2CCOC(c3nnn(C)n3)C2)cc1Cn1cccn1. The molecule has 4 rings (SSSR count). The van der Waals surface area contributed by atoms with Crippen LogP contribution in [0.25, 0.3) is 0 Å². The minimum Gasteiger partial charge on any atom is -0.496 e. The first-order valence-electron chi connectivity index (χ1n) is 8.92. The van der Waals surface area contributed by atoms with Crippen molar-refractivity contribution in [1.29, 1.82) is 0 Å². The third-order valence-corrected chi connectivity index (χ3v) is 4.60. The van der Waals surface area contributed by atoms with Crippen molar-refractivity contribution in [1.82, 2.24) is 34.9 Å². The second kappa shape index (κ2) is 7.85. The summed E-state index contributed by atoms with van der Waals surface area (Å²) in [4.78, 5) is 3.81. The molecule has 3 heterocycles. The number of aromatic nitrogens is 6. The van der Waals surface area contributed by atoms with Crippen LogP contribution in [0.1, 0.15) is 23.1 Å². The van der Waals surface area contributed by atoms with Crippen LogP contribution in [-0.2, 0) is 24.9 Å². The molecular formula is C18H23N7O2. The molecule has 0 saturated carbocycles. The third-order valence-electron chi connectivity index (χ3n) is 4.60. The predicted octanol–water partition coefficient (Wildman–Crippen LogP) is 1.04. The second-order valence-corrected chi connectivity index (χ2v) is 6.58. The fraction of sp³-hybridized carbons (Fsp3) is 0.444. The van der Waals surface area contributed by atoms with Gasteiger partial charge in [-0.3, -0.25) is 9.58 Å². The maximum atomic E-state index is 5.82. The maximum Gasteiger partial charge on any atom is 0.204 e. The van der Waals surface area contributed by atoms with Crippen LogP contribution in [0.5, 0.6) is 5.75 Å². The summed E-state index contributed by atoms with van der Waals surface area (Å²) < 4.78 is 13.2. The lowest BCUT2D eigenvalue weighted by Gasteiger charge is -2.31. The Labute approximate surface area is 157 Å². The number of methoxy groups -OCH3 is 1. The Morgan fingerprint density at radius 3 is 2.96 bits per heavy atom. The highest BCUT2D eigenvalue weighted by atomic mass is 16.5. The molecule has 0 radical (unpaired) electrons. The topological polar surface area (TPSA) is 83.1 Å². The lowest BCUT2D eigenvalue weighted by Crippen LogP contribution is -2.38. The number of morpholine rings is 1. The molecule has 0 aliphatic carbocycles. The number of nitrogens with zero attached hydrogens (tertiary/aromatic N) is 7. The lowest BCUT2D eigenvalue weighted by atomic mass is 10.1. The number of hydrogen-bond acceptors (Lipinski definition) is 7. The van der Waals surface area contributed by atoms with Gasteiger partial charge in [-0.05, 0) is 29.0 Å². The van der Waals surface area contributed by atoms with Crippen molar-refractivity contribution < 1.29 is 9.47 Å². The van der Waals surface area contributed by atoms with Crippen molar-refractivity contribution in [2.24, 2.45) is 7.05 Å². The molecular weight excluding hydrogens is 346 g/mol. The summed E-state index contributed by atoms with van der Waals surface area (Å²) >= 11 is 0. The molecule has 0 amide bonds. The quantitative estimate of drug-likeness (QED) is 0.642. The molecule has 1 saturated heterocycles. The van der Waals surface area contributed by atoms with E-state index in [9.17, 15) is 0 Å². The Morgan fingerprint density at radius 2 is 2.22 bits per heavy atom. The summed E-state index contributed by atoms with van der Waals surface area (Å²) in [6.07, 6.45) is 3.59. The fourth-order valence-electron chi connectivity index (χ4n) is 3.31. The van der Waals surface area contributed by atoms with Crippen LogP contribution in [0.2, 0.25) is 0 Å². The first-order chi connectivity index (χ1) is 13.2. The molecule has 1 aliphatic rings. The van der Waals surface area contributed by atoms with Crippen molar-refractivity contribution in [3.05, 3.63) is 53.6 Å². The van der Waals surface area contributed by atoms with E-state index in [0.717, 1.165) is 30.9 Å². The third kappa shape index (κ3) is 4.15. The van der Waals surface area contributed by atoms with Crippen LogP contribution in [0.15, 0.2) is 36.7 Å². The molecule has 9 heteroatoms. The van der Waals surface area contributed by atoms with Gasteiger partial charge in [-0.15, -0.1) is 10.2 Å². The molecule has 1 fully saturated rings. The highest BCUT2D eigenvalue weighted by Crippen LogP contribution is 2.24. The van der Waals surface area contributed by atoms with E-state index < -0.39 is 0 Å². The average Bonchev–Trinajstić information content (AvgIpc) is 3.34. The predicted molar refractivity (Wildman–Crippen MR) is 97.1 cm³/mol. The van der Waals surface area contributed by atoms with Crippen molar-refractivity contribution in [3.63, 3.8) is 0 Å². The summed E-state index contributed by atoms with van der Waals surface area (Å²) in [5.41, 5.74) is 2.34. The van der Waals surface area contributed by atoms with Crippen LogP contribution in [0.4, 0.5) is 0 Å². The molecule has 1 aromatic carbocycles. The summed E-state index contributed by atoms with van der Waals surface area (Å²) in [6, 6.07) is 8.24. The molecule has 1 atom stereocenters. The molecule has 3 aromatic rings. The zero-order chi connectivity index (χ0) is 18.6. The van der Waals surface area contributed by atoms with Gasteiger partial charge in [-0.1, -0.05) is 6.07 Å². The molecule has 0 bridgehead atoms. The van der Waals surface area contributed by atoms with Crippen molar-refractivity contribution in [3.8, 4) is 5.75 Å². The largest absolute Gasteiger partial charge is 0.496 e. The summed E-state index contributed by atoms with van der Waals surface area (Å²) in [5, 5.41) is 16.5. The first kappa shape index (κ1) is 17.6. The molecule has 0 spiro atoms. The molecule has 1 aliphatic heterocycles. The average molecular weight is 369 g/mol. The zero-order valence-electron chi connectivity index (χ0n) is 15.5. The second-order valence-electron chi connectivity index (χ2n) is 6.58. The number of aryl methyl sites for hydroxylation is 1. The number of hydrogen-bond donors (Lipinski definition) is 0. The van der Waals surface area contributed by atoms with Crippen LogP contribution < -0.4 is 4.74 Å². The van der Waals surface area contributed by atoms with Crippen molar-refractivity contribution in [2.75, 3.05) is 26.8 Å². The summed E-state index contributed by atoms with van der Waals surface area (Å²) in [5.74, 6) is 1.51. The van der Waals surface area contributed by atoms with Gasteiger partial charge in [0.25, 0.3) is 0 Å². The van der Waals surface area contributed by atoms with Crippen LogP contribution in [-0.4, -0.2) is 61.7 Å². The Morgan fingerprint density at radius 1 is 1.30 bits per heavy atom. The van der Waals surface area contributed by atoms with Gasteiger partial charge in [0.1, 0.15) is 11.9 Å². The van der Waals surface area contributed by atoms with Gasteiger partial charge in [-0.25, -0.2) is 0 Å². The van der Waals surface area contributed by atoms with E-state index in [0.29, 0.717) is 19.0 Å². The van der Waals surface area contributed by atoms with Gasteiger partial charge in [0.05, 0.1) is 27.3 Å². The Hall–Kier alpha value is -2.78. The zero-order valence-corrected chi connectivity index (χ0v) is 15.5. The van der Waals surface area contributed by atoms with E-state index in [-0.39, 0.29) is 6.10 Å². The molecule has 1 unspecified atom stereocenters. The fourth-order valence-corrected chi connectivity index (χ4v) is 3.31. The highest BCUT2D eigenvalue weighted by molar-refractivity contribution is 5.37. The van der Waals surface area contributed by atoms with Gasteiger partial charge in [0, 0.05) is 37.6 Å². The van der Waals surface area contributed by atoms with Gasteiger partial charge >= 0.3 is 0 Å². The van der Waals surface area contributed by atoms with Gasteiger partial charge in [-0.2, -0.15) is 9.90 Å². The Balaban J connectivity index is 1.46. The van der Waals surface area contributed by atoms with E-state index in [2.05, 4.69) is 37.5 Å². The molecule has 27 heavy (non-hydrogen) atoms. The maximum absolute atomic E-state index is 5.82. The number of rotatable bonds is 6. The van der Waals surface area contributed by atoms with Gasteiger partial charge in [0.15, 0.2) is 0 Å². The van der Waals surface area contributed by atoms with E-state index in [1.54, 1.807) is 20.4 Å². The monoisotopic (exact) mass is 369 g/mol. The smallest absolute Gasteiger partial charge is 0.204 e. The summed E-state index contributed by atoms with van der Waals surface area (Å²) in [7, 11) is 3.46. The van der Waals surface area contributed by atoms with Gasteiger partial charge < -0.3 is 9.47 Å². The van der Waals surface area contributed by atoms with E-state index in [4.69, 9.17) is 9.47 Å². The Bertz CT molecular complexity index is 878. The molecule has 2 aromatic heterocycles. The molecule has 0 N–H and O–H groups in total.